The van der Waals surface area contributed by atoms with Crippen molar-refractivity contribution in [3.05, 3.63) is 22.2 Å². The van der Waals surface area contributed by atoms with E-state index >= 15 is 0 Å². The summed E-state index contributed by atoms with van der Waals surface area (Å²) in [5.41, 5.74) is -0.0251. The molecule has 2 saturated heterocycles. The van der Waals surface area contributed by atoms with Gasteiger partial charge in [-0.1, -0.05) is 6.42 Å². The van der Waals surface area contributed by atoms with Crippen LogP contribution in [0, 0.1) is 0 Å². The van der Waals surface area contributed by atoms with Crippen molar-refractivity contribution >= 4 is 5.82 Å². The topological polar surface area (TPSA) is 61.0 Å². The SMILES string of the molecule is O=c1cc(NC2CCN3CCCCC23)nc(C2CC2)[nH]1. The summed E-state index contributed by atoms with van der Waals surface area (Å²) >= 11 is 0. The van der Waals surface area contributed by atoms with Crippen LogP contribution in [0.5, 0.6) is 0 Å². The molecule has 2 N–H and O–H groups in total. The number of rotatable bonds is 3. The van der Waals surface area contributed by atoms with Gasteiger partial charge in [-0.3, -0.25) is 9.69 Å². The van der Waals surface area contributed by atoms with Crippen LogP contribution < -0.4 is 10.9 Å². The van der Waals surface area contributed by atoms with Crippen molar-refractivity contribution in [2.45, 2.75) is 56.5 Å². The number of hydrogen-bond acceptors (Lipinski definition) is 4. The minimum Gasteiger partial charge on any atom is -0.365 e. The highest BCUT2D eigenvalue weighted by Gasteiger charge is 2.35. The quantitative estimate of drug-likeness (QED) is 0.880. The zero-order chi connectivity index (χ0) is 13.5. The van der Waals surface area contributed by atoms with Gasteiger partial charge >= 0.3 is 0 Å². The van der Waals surface area contributed by atoms with E-state index in [4.69, 9.17) is 0 Å². The molecule has 3 aliphatic rings. The lowest BCUT2D eigenvalue weighted by Gasteiger charge is -2.32. The zero-order valence-corrected chi connectivity index (χ0v) is 11.8. The van der Waals surface area contributed by atoms with Crippen LogP contribution in [0.15, 0.2) is 10.9 Å². The average Bonchev–Trinajstić information content (AvgIpc) is 3.22. The fourth-order valence-corrected chi connectivity index (χ4v) is 3.71. The minimum atomic E-state index is -0.0251. The molecule has 1 saturated carbocycles. The van der Waals surface area contributed by atoms with Crippen LogP contribution in [0.4, 0.5) is 5.82 Å². The summed E-state index contributed by atoms with van der Waals surface area (Å²) in [5, 5.41) is 3.53. The first kappa shape index (κ1) is 12.4. The number of hydrogen-bond donors (Lipinski definition) is 2. The van der Waals surface area contributed by atoms with Crippen LogP contribution in [0.25, 0.3) is 0 Å². The zero-order valence-electron chi connectivity index (χ0n) is 11.8. The Bertz CT molecular complexity index is 551. The number of fused-ring (bicyclic) bond motifs is 1. The van der Waals surface area contributed by atoms with Crippen LogP contribution in [0.2, 0.25) is 0 Å². The van der Waals surface area contributed by atoms with Gasteiger partial charge in [-0.15, -0.1) is 0 Å². The monoisotopic (exact) mass is 274 g/mol. The van der Waals surface area contributed by atoms with E-state index in [2.05, 4.69) is 20.2 Å². The smallest absolute Gasteiger partial charge is 0.252 e. The summed E-state index contributed by atoms with van der Waals surface area (Å²) in [6.07, 6.45) is 7.42. The fraction of sp³-hybridized carbons (Fsp3) is 0.733. The molecule has 2 unspecified atom stereocenters. The molecule has 5 heteroatoms. The Hall–Kier alpha value is -1.36. The number of piperidine rings is 1. The Morgan fingerprint density at radius 3 is 2.95 bits per heavy atom. The van der Waals surface area contributed by atoms with Crippen molar-refractivity contribution in [1.29, 1.82) is 0 Å². The van der Waals surface area contributed by atoms with E-state index in [1.807, 2.05) is 0 Å². The average molecular weight is 274 g/mol. The first-order chi connectivity index (χ1) is 9.79. The molecule has 0 amide bonds. The highest BCUT2D eigenvalue weighted by Crippen LogP contribution is 2.38. The van der Waals surface area contributed by atoms with Gasteiger partial charge in [-0.2, -0.15) is 0 Å². The number of nitrogens with zero attached hydrogens (tertiary/aromatic N) is 2. The molecule has 0 radical (unpaired) electrons. The van der Waals surface area contributed by atoms with Crippen LogP contribution >= 0.6 is 0 Å². The molecule has 0 aromatic carbocycles. The maximum Gasteiger partial charge on any atom is 0.252 e. The summed E-state index contributed by atoms with van der Waals surface area (Å²) in [6.45, 7) is 2.42. The van der Waals surface area contributed by atoms with E-state index in [0.717, 1.165) is 30.9 Å². The third kappa shape index (κ3) is 2.35. The maximum absolute atomic E-state index is 11.8. The largest absolute Gasteiger partial charge is 0.365 e. The third-order valence-corrected chi connectivity index (χ3v) is 4.91. The van der Waals surface area contributed by atoms with Crippen molar-refractivity contribution in [1.82, 2.24) is 14.9 Å². The van der Waals surface area contributed by atoms with Crippen molar-refractivity contribution in [2.24, 2.45) is 0 Å². The van der Waals surface area contributed by atoms with E-state index in [0.29, 0.717) is 18.0 Å². The van der Waals surface area contributed by atoms with Crippen LogP contribution in [-0.2, 0) is 0 Å². The number of nitrogens with one attached hydrogen (secondary N) is 2. The predicted octanol–water partition coefficient (Wildman–Crippen LogP) is 1.69. The van der Waals surface area contributed by atoms with Crippen molar-refractivity contribution in [3.8, 4) is 0 Å². The Morgan fingerprint density at radius 1 is 1.20 bits per heavy atom. The highest BCUT2D eigenvalue weighted by atomic mass is 16.1. The lowest BCUT2D eigenvalue weighted by atomic mass is 9.99. The molecule has 1 aliphatic carbocycles. The Labute approximate surface area is 118 Å². The molecule has 1 aromatic heterocycles. The Balaban J connectivity index is 1.52. The Morgan fingerprint density at radius 2 is 2.10 bits per heavy atom. The molecule has 3 heterocycles. The second kappa shape index (κ2) is 4.88. The highest BCUT2D eigenvalue weighted by molar-refractivity contribution is 5.36. The summed E-state index contributed by atoms with van der Waals surface area (Å²) in [5.74, 6) is 2.13. The summed E-state index contributed by atoms with van der Waals surface area (Å²) in [4.78, 5) is 21.8. The molecule has 5 nitrogen and oxygen atoms in total. The molecule has 0 spiro atoms. The number of anilines is 1. The van der Waals surface area contributed by atoms with Gasteiger partial charge in [0.25, 0.3) is 5.56 Å². The minimum absolute atomic E-state index is 0.0251. The maximum atomic E-state index is 11.8. The van der Waals surface area contributed by atoms with E-state index in [1.165, 1.54) is 32.4 Å². The molecule has 2 aliphatic heterocycles. The first-order valence-corrected chi connectivity index (χ1v) is 7.91. The van der Waals surface area contributed by atoms with Gasteiger partial charge in [-0.05, 0) is 38.6 Å². The van der Waals surface area contributed by atoms with Gasteiger partial charge in [0.2, 0.25) is 0 Å². The first-order valence-electron chi connectivity index (χ1n) is 7.91. The molecule has 4 rings (SSSR count). The van der Waals surface area contributed by atoms with Gasteiger partial charge in [0.15, 0.2) is 0 Å². The summed E-state index contributed by atoms with van der Waals surface area (Å²) in [7, 11) is 0. The molecular weight excluding hydrogens is 252 g/mol. The molecule has 20 heavy (non-hydrogen) atoms. The lowest BCUT2D eigenvalue weighted by molar-refractivity contribution is 0.192. The molecule has 0 bridgehead atoms. The van der Waals surface area contributed by atoms with Crippen molar-refractivity contribution in [3.63, 3.8) is 0 Å². The van der Waals surface area contributed by atoms with E-state index in [-0.39, 0.29) is 5.56 Å². The van der Waals surface area contributed by atoms with Gasteiger partial charge in [0.05, 0.1) is 0 Å². The second-order valence-corrected chi connectivity index (χ2v) is 6.43. The fourth-order valence-electron chi connectivity index (χ4n) is 3.71. The number of aromatic nitrogens is 2. The number of H-pyrrole nitrogens is 1. The van der Waals surface area contributed by atoms with E-state index < -0.39 is 0 Å². The standard InChI is InChI=1S/C15H22N4O/c20-14-9-13(17-15(18-14)10-4-5-10)16-11-6-8-19-7-2-1-3-12(11)19/h9-12H,1-8H2,(H2,16,17,18,20). The summed E-state index contributed by atoms with van der Waals surface area (Å²) in [6, 6.07) is 2.70. The van der Waals surface area contributed by atoms with Crippen LogP contribution in [0.1, 0.15) is 50.3 Å². The molecule has 3 fully saturated rings. The summed E-state index contributed by atoms with van der Waals surface area (Å²) < 4.78 is 0. The molecule has 108 valence electrons. The lowest BCUT2D eigenvalue weighted by Crippen LogP contribution is -2.42. The Kier molecular flexibility index (Phi) is 3.02. The van der Waals surface area contributed by atoms with E-state index in [9.17, 15) is 4.79 Å². The van der Waals surface area contributed by atoms with Crippen LogP contribution in [-0.4, -0.2) is 40.0 Å². The van der Waals surface area contributed by atoms with Gasteiger partial charge < -0.3 is 10.3 Å². The molecule has 2 atom stereocenters. The van der Waals surface area contributed by atoms with Gasteiger partial charge in [0.1, 0.15) is 11.6 Å². The number of aromatic amines is 1. The van der Waals surface area contributed by atoms with Gasteiger partial charge in [-0.25, -0.2) is 4.98 Å². The van der Waals surface area contributed by atoms with Crippen molar-refractivity contribution < 1.29 is 0 Å². The normalized spacial score (nSPS) is 30.2. The van der Waals surface area contributed by atoms with Gasteiger partial charge in [0, 0.05) is 30.6 Å². The molecule has 1 aromatic rings. The molecular formula is C15H22N4O. The third-order valence-electron chi connectivity index (χ3n) is 4.91. The van der Waals surface area contributed by atoms with Crippen LogP contribution in [0.3, 0.4) is 0 Å². The van der Waals surface area contributed by atoms with Crippen molar-refractivity contribution in [2.75, 3.05) is 18.4 Å². The predicted molar refractivity (Wildman–Crippen MR) is 78.1 cm³/mol. The second-order valence-electron chi connectivity index (χ2n) is 6.43. The van der Waals surface area contributed by atoms with E-state index in [1.54, 1.807) is 6.07 Å².